The largest absolute Gasteiger partial charge is 0.385 e. The lowest BCUT2D eigenvalue weighted by Crippen LogP contribution is -2.70. The third-order valence-electron chi connectivity index (χ3n) is 13.8. The first-order chi connectivity index (χ1) is 32.0. The maximum absolute atomic E-state index is 16.1. The Hall–Kier alpha value is -6.41. The predicted molar refractivity (Wildman–Crippen MR) is 238 cm³/mol. The Balaban J connectivity index is 0.808. The van der Waals surface area contributed by atoms with Gasteiger partial charge in [0.1, 0.15) is 11.5 Å². The van der Waals surface area contributed by atoms with Crippen LogP contribution in [0.25, 0.3) is 16.9 Å². The fourth-order valence-corrected chi connectivity index (χ4v) is 10.4. The molecule has 4 aliphatic heterocycles. The van der Waals surface area contributed by atoms with E-state index in [4.69, 9.17) is 16.7 Å². The summed E-state index contributed by atoms with van der Waals surface area (Å²) < 4.78 is 78.3. The molecule has 5 aromatic rings. The van der Waals surface area contributed by atoms with Crippen molar-refractivity contribution in [2.75, 3.05) is 61.4 Å². The number of aromatic nitrogens is 4. The summed E-state index contributed by atoms with van der Waals surface area (Å²) in [5.74, 6) is -8.14. The first-order valence-electron chi connectivity index (χ1n) is 22.1. The van der Waals surface area contributed by atoms with Crippen molar-refractivity contribution in [1.29, 1.82) is 0 Å². The molecule has 21 heteroatoms. The molecular formula is C46H45ClF5N11O4. The Bertz CT molecular complexity index is 2890. The van der Waals surface area contributed by atoms with E-state index in [9.17, 15) is 28.0 Å². The first kappa shape index (κ1) is 44.4. The van der Waals surface area contributed by atoms with Gasteiger partial charge in [0.25, 0.3) is 23.7 Å². The molecule has 0 bridgehead atoms. The number of hydrogen-bond acceptors (Lipinski definition) is 10. The van der Waals surface area contributed by atoms with Gasteiger partial charge in [0.05, 0.1) is 40.6 Å². The number of rotatable bonds is 9. The van der Waals surface area contributed by atoms with Crippen molar-refractivity contribution >= 4 is 63.9 Å². The van der Waals surface area contributed by atoms with Gasteiger partial charge in [-0.3, -0.25) is 34.5 Å². The molecule has 7 heterocycles. The SMILES string of the molecule is CNc1cc(N2CCc3c(-c4ncc(CN5CC6(CCN(C(=O)c7cc(C)c(Cl)c(N8CCC(=O)NC8=O)c7)CC6(F)F)C5)cc4F)cccc32)nn2c(C(=O)N[C@@H]3CCCC3(F)F)cnc12. The second kappa shape index (κ2) is 16.4. The molecule has 3 saturated heterocycles. The second-order valence-corrected chi connectivity index (χ2v) is 18.5. The van der Waals surface area contributed by atoms with E-state index < -0.39 is 59.4 Å². The summed E-state index contributed by atoms with van der Waals surface area (Å²) in [7, 11) is 1.69. The fraction of sp³-hybridized carbons (Fsp3) is 0.413. The monoisotopic (exact) mass is 945 g/mol. The zero-order chi connectivity index (χ0) is 47.2. The molecule has 5 aliphatic rings. The minimum atomic E-state index is -3.23. The highest BCUT2D eigenvalue weighted by molar-refractivity contribution is 6.35. The quantitative estimate of drug-likeness (QED) is 0.132. The van der Waals surface area contributed by atoms with Crippen LogP contribution >= 0.6 is 11.6 Å². The van der Waals surface area contributed by atoms with E-state index in [1.165, 1.54) is 33.8 Å². The van der Waals surface area contributed by atoms with Gasteiger partial charge < -0.3 is 20.4 Å². The molecule has 67 heavy (non-hydrogen) atoms. The van der Waals surface area contributed by atoms with Gasteiger partial charge in [-0.1, -0.05) is 23.7 Å². The number of urea groups is 1. The van der Waals surface area contributed by atoms with Crippen LogP contribution in [0.1, 0.15) is 69.6 Å². The number of fused-ring (bicyclic) bond motifs is 2. The average molecular weight is 946 g/mol. The number of nitrogens with zero attached hydrogens (tertiary/aromatic N) is 8. The zero-order valence-electron chi connectivity index (χ0n) is 36.4. The van der Waals surface area contributed by atoms with Crippen molar-refractivity contribution in [2.45, 2.75) is 69.9 Å². The zero-order valence-corrected chi connectivity index (χ0v) is 37.2. The van der Waals surface area contributed by atoms with Crippen molar-refractivity contribution in [3.05, 3.63) is 93.6 Å². The third-order valence-corrected chi connectivity index (χ3v) is 14.3. The van der Waals surface area contributed by atoms with Crippen LogP contribution in [0.5, 0.6) is 0 Å². The van der Waals surface area contributed by atoms with Crippen LogP contribution in [0.4, 0.5) is 49.6 Å². The molecule has 1 saturated carbocycles. The molecule has 4 fully saturated rings. The first-order valence-corrected chi connectivity index (χ1v) is 22.4. The van der Waals surface area contributed by atoms with E-state index in [1.54, 1.807) is 38.4 Å². The Morgan fingerprint density at radius 3 is 2.45 bits per heavy atom. The number of likely N-dealkylation sites (tertiary alicyclic amines) is 2. The number of carbonyl (C=O) groups is 4. The van der Waals surface area contributed by atoms with Crippen molar-refractivity contribution < 1.29 is 41.1 Å². The third kappa shape index (κ3) is 7.66. The van der Waals surface area contributed by atoms with Gasteiger partial charge in [0.15, 0.2) is 17.2 Å². The van der Waals surface area contributed by atoms with Crippen LogP contribution in [-0.2, 0) is 17.8 Å². The van der Waals surface area contributed by atoms with Crippen molar-refractivity contribution in [3.8, 4) is 11.3 Å². The predicted octanol–water partition coefficient (Wildman–Crippen LogP) is 6.98. The summed E-state index contributed by atoms with van der Waals surface area (Å²) in [6.07, 6.45) is 3.62. The highest BCUT2D eigenvalue weighted by Gasteiger charge is 2.63. The normalized spacial score (nSPS) is 20.8. The summed E-state index contributed by atoms with van der Waals surface area (Å²) in [5, 5.41) is 12.7. The number of hydrogen-bond donors (Lipinski definition) is 3. The molecule has 1 aliphatic carbocycles. The number of halogens is 6. The highest BCUT2D eigenvalue weighted by Crippen LogP contribution is 2.51. The molecular weight excluding hydrogens is 901 g/mol. The minimum absolute atomic E-state index is 0.00303. The van der Waals surface area contributed by atoms with Crippen molar-refractivity contribution in [1.82, 2.24) is 40.0 Å². The smallest absolute Gasteiger partial charge is 0.328 e. The van der Waals surface area contributed by atoms with E-state index in [0.29, 0.717) is 53.2 Å². The number of imidazole rings is 1. The lowest BCUT2D eigenvalue weighted by atomic mass is 9.69. The molecule has 5 amide bonds. The average Bonchev–Trinajstić information content (AvgIpc) is 4.00. The molecule has 0 radical (unpaired) electrons. The fourth-order valence-electron chi connectivity index (χ4n) is 10.2. The number of carbonyl (C=O) groups excluding carboxylic acids is 4. The molecule has 2 aromatic carbocycles. The minimum Gasteiger partial charge on any atom is -0.385 e. The second-order valence-electron chi connectivity index (χ2n) is 18.1. The number of anilines is 4. The summed E-state index contributed by atoms with van der Waals surface area (Å²) in [6.45, 7) is 1.70. The maximum Gasteiger partial charge on any atom is 0.328 e. The number of pyridine rings is 1. The summed E-state index contributed by atoms with van der Waals surface area (Å²) in [5.41, 5.74) is 3.06. The molecule has 15 nitrogen and oxygen atoms in total. The van der Waals surface area contributed by atoms with E-state index in [0.717, 1.165) is 16.2 Å². The number of aryl methyl sites for hydroxylation is 1. The van der Waals surface area contributed by atoms with E-state index >= 15 is 13.2 Å². The van der Waals surface area contributed by atoms with Crippen molar-refractivity contribution in [2.24, 2.45) is 5.41 Å². The van der Waals surface area contributed by atoms with E-state index in [-0.39, 0.29) is 86.1 Å². The molecule has 1 atom stereocenters. The molecule has 350 valence electrons. The Labute approximate surface area is 385 Å². The number of nitrogens with one attached hydrogen (secondary N) is 3. The number of piperidine rings is 1. The van der Waals surface area contributed by atoms with Gasteiger partial charge in [-0.15, -0.1) is 5.10 Å². The van der Waals surface area contributed by atoms with Crippen LogP contribution in [0.3, 0.4) is 0 Å². The Kier molecular flexibility index (Phi) is 10.9. The number of imide groups is 1. The number of benzene rings is 2. The van der Waals surface area contributed by atoms with Gasteiger partial charge in [-0.25, -0.2) is 36.2 Å². The van der Waals surface area contributed by atoms with Crippen molar-refractivity contribution in [3.63, 3.8) is 0 Å². The summed E-state index contributed by atoms with van der Waals surface area (Å²) in [4.78, 5) is 66.2. The van der Waals surface area contributed by atoms with Crippen LogP contribution in [0.2, 0.25) is 5.02 Å². The molecule has 10 rings (SSSR count). The van der Waals surface area contributed by atoms with Gasteiger partial charge >= 0.3 is 6.03 Å². The summed E-state index contributed by atoms with van der Waals surface area (Å²) >= 11 is 6.50. The number of amides is 5. The topological polar surface area (TPSA) is 160 Å². The molecule has 3 aromatic heterocycles. The number of alkyl halides is 4. The molecule has 1 spiro atoms. The Morgan fingerprint density at radius 2 is 1.73 bits per heavy atom. The highest BCUT2D eigenvalue weighted by atomic mass is 35.5. The standard InChI is InChI=1S/C46H45ClF5N11O4/c1-25-15-27(17-33(38(25)47)62-13-9-37(64)57-43(62)67)42(66)60-14-11-44(46(51,52)24-60)22-59(23-44)21-26-16-30(48)39(54-19-26)29-5-3-6-32-28(29)8-12-61(32)36-18-31(53-2)40-55-20-34(63(40)58-36)41(65)56-35-7-4-10-45(35,49)50/h3,5-6,15-20,35,53H,4,7-14,21-24H2,1-2H3,(H,56,65)(H,57,64,67)/t35-/m1/s1. The van der Waals surface area contributed by atoms with Crippen LogP contribution in [0.15, 0.2) is 54.9 Å². The van der Waals surface area contributed by atoms with Gasteiger partial charge in [-0.05, 0) is 73.6 Å². The van der Waals surface area contributed by atoms with E-state index in [2.05, 4.69) is 25.9 Å². The van der Waals surface area contributed by atoms with E-state index in [1.807, 2.05) is 15.9 Å². The van der Waals surface area contributed by atoms with Crippen LogP contribution in [0, 0.1) is 18.2 Å². The molecule has 0 unspecified atom stereocenters. The summed E-state index contributed by atoms with van der Waals surface area (Å²) in [6, 6.07) is 9.50. The van der Waals surface area contributed by atoms with Crippen LogP contribution in [-0.4, -0.2) is 117 Å². The van der Waals surface area contributed by atoms with Gasteiger partial charge in [0.2, 0.25) is 5.91 Å². The van der Waals surface area contributed by atoms with Gasteiger partial charge in [0, 0.05) is 88.2 Å². The lowest BCUT2D eigenvalue weighted by Gasteiger charge is -2.57. The Morgan fingerprint density at radius 1 is 0.940 bits per heavy atom. The van der Waals surface area contributed by atoms with Gasteiger partial charge in [-0.2, -0.15) is 0 Å². The lowest BCUT2D eigenvalue weighted by molar-refractivity contribution is -0.220. The van der Waals surface area contributed by atoms with Crippen LogP contribution < -0.4 is 25.8 Å². The maximum atomic E-state index is 16.1. The molecule has 3 N–H and O–H groups in total.